The van der Waals surface area contributed by atoms with E-state index in [1.165, 1.54) is 55.3 Å². The van der Waals surface area contributed by atoms with Crippen LogP contribution in [-0.4, -0.2) is 41.6 Å². The number of halogens is 3. The van der Waals surface area contributed by atoms with Crippen molar-refractivity contribution in [2.24, 2.45) is 7.05 Å². The minimum atomic E-state index is -1.14. The fourth-order valence-corrected chi connectivity index (χ4v) is 3.73. The zero-order valence-electron chi connectivity index (χ0n) is 20.9. The molecule has 198 valence electrons. The Bertz CT molecular complexity index is 1430. The average Bonchev–Trinajstić information content (AvgIpc) is 3.28. The van der Waals surface area contributed by atoms with E-state index >= 15 is 0 Å². The summed E-state index contributed by atoms with van der Waals surface area (Å²) in [5, 5.41) is 17.0. The molecule has 38 heavy (non-hydrogen) atoms. The number of aromatic nitrogens is 2. The molecule has 1 aromatic heterocycles. The first-order chi connectivity index (χ1) is 18.2. The van der Waals surface area contributed by atoms with E-state index in [1.54, 1.807) is 6.20 Å². The quantitative estimate of drug-likeness (QED) is 0.326. The predicted molar refractivity (Wildman–Crippen MR) is 139 cm³/mol. The number of imidazole rings is 1. The van der Waals surface area contributed by atoms with Crippen LogP contribution in [0, 0.1) is 23.0 Å². The maximum atomic E-state index is 14.5. The number of carbonyl (C=O) groups excluding carboxylic acids is 2. The molecule has 0 saturated carbocycles. The van der Waals surface area contributed by atoms with Gasteiger partial charge in [-0.1, -0.05) is 11.6 Å². The fraction of sp³-hybridized carbons (Fsp3) is 0.231. The summed E-state index contributed by atoms with van der Waals surface area (Å²) in [5.41, 5.74) is 1.47. The first-order valence-corrected chi connectivity index (χ1v) is 11.7. The molecule has 12 heteroatoms. The molecule has 0 fully saturated rings. The lowest BCUT2D eigenvalue weighted by atomic mass is 10.1. The third-order valence-electron chi connectivity index (χ3n) is 5.46. The van der Waals surface area contributed by atoms with Gasteiger partial charge in [0, 0.05) is 31.4 Å². The van der Waals surface area contributed by atoms with Crippen LogP contribution in [0.25, 0.3) is 11.3 Å². The Balaban J connectivity index is 1.68. The van der Waals surface area contributed by atoms with Gasteiger partial charge < -0.3 is 25.3 Å². The first-order valence-electron chi connectivity index (χ1n) is 11.4. The number of nitriles is 1. The molecule has 0 aliphatic heterocycles. The molecular weight excluding hydrogens is 518 g/mol. The third-order valence-corrected chi connectivity index (χ3v) is 5.78. The number of nitrogens with one attached hydrogen (secondary N) is 3. The second-order valence-corrected chi connectivity index (χ2v) is 8.56. The highest BCUT2D eigenvalue weighted by molar-refractivity contribution is 6.34. The number of hydrogen-bond donors (Lipinski definition) is 3. The number of carbonyl (C=O) groups is 2. The molecule has 0 saturated heterocycles. The molecule has 1 heterocycles. The second kappa shape index (κ2) is 12.7. The van der Waals surface area contributed by atoms with Crippen LogP contribution in [0.3, 0.4) is 0 Å². The lowest BCUT2D eigenvalue weighted by Gasteiger charge is -2.11. The summed E-state index contributed by atoms with van der Waals surface area (Å²) < 4.78 is 34.8. The van der Waals surface area contributed by atoms with E-state index in [0.717, 1.165) is 5.57 Å². The molecule has 3 rings (SSSR count). The van der Waals surface area contributed by atoms with Gasteiger partial charge in [-0.2, -0.15) is 9.65 Å². The van der Waals surface area contributed by atoms with Crippen LogP contribution >= 0.6 is 11.6 Å². The Morgan fingerprint density at radius 3 is 2.66 bits per heavy atom. The molecule has 9 nitrogen and oxygen atoms in total. The highest BCUT2D eigenvalue weighted by atomic mass is 35.5. The number of rotatable bonds is 10. The zero-order valence-corrected chi connectivity index (χ0v) is 21.6. The van der Waals surface area contributed by atoms with E-state index in [-0.39, 0.29) is 40.0 Å². The number of methoxy groups -OCH3 is 1. The summed E-state index contributed by atoms with van der Waals surface area (Å²) >= 11 is 6.28. The van der Waals surface area contributed by atoms with Crippen LogP contribution in [0.5, 0.6) is 5.75 Å². The lowest BCUT2D eigenvalue weighted by molar-refractivity contribution is 0.0956. The molecule has 2 aromatic carbocycles. The van der Waals surface area contributed by atoms with Crippen LogP contribution in [0.1, 0.15) is 34.3 Å². The number of hydrogen-bond acceptors (Lipinski definition) is 6. The summed E-state index contributed by atoms with van der Waals surface area (Å²) in [5.74, 6) is -3.59. The van der Waals surface area contributed by atoms with E-state index in [9.17, 15) is 18.4 Å². The zero-order chi connectivity index (χ0) is 27.8. The summed E-state index contributed by atoms with van der Waals surface area (Å²) in [6, 6.07) is 9.04. The third kappa shape index (κ3) is 6.46. The Kier molecular flexibility index (Phi) is 9.40. The van der Waals surface area contributed by atoms with Crippen LogP contribution in [0.2, 0.25) is 5.02 Å². The maximum Gasteiger partial charge on any atom is 0.291 e. The SMILES string of the molecule is COc1ccc(-c2cnc(C(=O)Nc3ccc(C(=O)NC/C(C)=C/NCCC#N)c(Cl)c3)n2C)c(F)c1F. The predicted octanol–water partition coefficient (Wildman–Crippen LogP) is 4.42. The Morgan fingerprint density at radius 2 is 1.97 bits per heavy atom. The van der Waals surface area contributed by atoms with Gasteiger partial charge >= 0.3 is 0 Å². The molecule has 0 aliphatic rings. The highest BCUT2D eigenvalue weighted by Crippen LogP contribution is 2.30. The first kappa shape index (κ1) is 28.1. The highest BCUT2D eigenvalue weighted by Gasteiger charge is 2.21. The van der Waals surface area contributed by atoms with Crippen molar-refractivity contribution >= 4 is 29.1 Å². The number of nitrogens with zero attached hydrogens (tertiary/aromatic N) is 3. The van der Waals surface area contributed by atoms with E-state index in [0.29, 0.717) is 18.7 Å². The van der Waals surface area contributed by atoms with Crippen LogP contribution in [0.15, 0.2) is 48.3 Å². The largest absolute Gasteiger partial charge is 0.494 e. The molecule has 0 spiro atoms. The Labute approximate surface area is 223 Å². The van der Waals surface area contributed by atoms with Crippen LogP contribution < -0.4 is 20.7 Å². The van der Waals surface area contributed by atoms with Gasteiger partial charge in [0.2, 0.25) is 5.82 Å². The molecule has 3 N–H and O–H groups in total. The Hall–Kier alpha value is -4.43. The molecule has 0 atom stereocenters. The smallest absolute Gasteiger partial charge is 0.291 e. The van der Waals surface area contributed by atoms with E-state index < -0.39 is 23.4 Å². The molecule has 3 aromatic rings. The number of anilines is 1. The van der Waals surface area contributed by atoms with Gasteiger partial charge in [0.25, 0.3) is 11.8 Å². The normalized spacial score (nSPS) is 11.0. The number of amides is 2. The van der Waals surface area contributed by atoms with Crippen molar-refractivity contribution in [3.63, 3.8) is 0 Å². The van der Waals surface area contributed by atoms with Gasteiger partial charge in [-0.3, -0.25) is 9.59 Å². The van der Waals surface area contributed by atoms with Crippen molar-refractivity contribution in [1.29, 1.82) is 5.26 Å². The molecule has 0 bridgehead atoms. The van der Waals surface area contributed by atoms with Gasteiger partial charge in [0.05, 0.1) is 42.1 Å². The molecule has 0 radical (unpaired) electrons. The minimum Gasteiger partial charge on any atom is -0.494 e. The average molecular weight is 543 g/mol. The summed E-state index contributed by atoms with van der Waals surface area (Å²) in [6.07, 6.45) is 3.35. The second-order valence-electron chi connectivity index (χ2n) is 8.15. The van der Waals surface area contributed by atoms with Gasteiger partial charge in [0.15, 0.2) is 17.4 Å². The van der Waals surface area contributed by atoms with Crippen molar-refractivity contribution in [2.75, 3.05) is 25.5 Å². The van der Waals surface area contributed by atoms with Crippen LogP contribution in [-0.2, 0) is 7.05 Å². The maximum absolute atomic E-state index is 14.5. The van der Waals surface area contributed by atoms with Gasteiger partial charge in [0.1, 0.15) is 0 Å². The van der Waals surface area contributed by atoms with E-state index in [4.69, 9.17) is 21.6 Å². The molecule has 0 aliphatic carbocycles. The minimum absolute atomic E-state index is 0.0563. The molecule has 0 unspecified atom stereocenters. The number of ether oxygens (including phenoxy) is 1. The standard InChI is InChI=1S/C26H25ClF2N6O3/c1-15(12-31-10-4-9-30)13-33-25(36)17-6-5-16(11-19(17)27)34-26(37)24-32-14-20(35(24)2)18-7-8-21(38-3)23(29)22(18)28/h5-8,11-12,14,31H,4,10,13H2,1-3H3,(H,33,36)(H,34,37)/b15-12+. The molecular formula is C26H25ClF2N6O3. The fourth-order valence-electron chi connectivity index (χ4n) is 3.46. The van der Waals surface area contributed by atoms with E-state index in [2.05, 4.69) is 20.9 Å². The number of benzene rings is 2. The van der Waals surface area contributed by atoms with Gasteiger partial charge in [-0.25, -0.2) is 9.37 Å². The summed E-state index contributed by atoms with van der Waals surface area (Å²) in [7, 11) is 2.72. The molecule has 2 amide bonds. The van der Waals surface area contributed by atoms with Gasteiger partial charge in [-0.05, 0) is 49.0 Å². The van der Waals surface area contributed by atoms with Crippen molar-refractivity contribution in [3.8, 4) is 23.1 Å². The summed E-state index contributed by atoms with van der Waals surface area (Å²) in [6.45, 7) is 2.60. The van der Waals surface area contributed by atoms with Crippen LogP contribution in [0.4, 0.5) is 14.5 Å². The van der Waals surface area contributed by atoms with Crippen molar-refractivity contribution in [2.45, 2.75) is 13.3 Å². The lowest BCUT2D eigenvalue weighted by Crippen LogP contribution is -2.26. The Morgan fingerprint density at radius 1 is 1.21 bits per heavy atom. The van der Waals surface area contributed by atoms with Crippen molar-refractivity contribution < 1.29 is 23.1 Å². The van der Waals surface area contributed by atoms with Crippen molar-refractivity contribution in [3.05, 3.63) is 76.3 Å². The topological polar surface area (TPSA) is 121 Å². The van der Waals surface area contributed by atoms with Crippen molar-refractivity contribution in [1.82, 2.24) is 20.2 Å². The summed E-state index contributed by atoms with van der Waals surface area (Å²) in [4.78, 5) is 29.4. The van der Waals surface area contributed by atoms with Gasteiger partial charge in [-0.15, -0.1) is 0 Å². The monoisotopic (exact) mass is 542 g/mol. The van der Waals surface area contributed by atoms with E-state index in [1.807, 2.05) is 13.0 Å².